The maximum Gasteiger partial charge on any atom is 0.215 e. The van der Waals surface area contributed by atoms with Gasteiger partial charge >= 0.3 is 0 Å². The standard InChI is InChI=1S/C19H24N6O2S/c1-14-4-6-17(7-5-14)11-28(26,27)24-9-8-20-18-10-19(22-12-21-18)25-13-23-15(2)16(25)3/h4-7,10,12-13,24H,8-9,11H2,1-3H3,(H,20,21,22). The molecule has 2 aromatic heterocycles. The van der Waals surface area contributed by atoms with E-state index in [1.54, 1.807) is 12.4 Å². The van der Waals surface area contributed by atoms with Gasteiger partial charge in [0.15, 0.2) is 0 Å². The van der Waals surface area contributed by atoms with Crippen LogP contribution in [0.5, 0.6) is 0 Å². The first-order valence-electron chi connectivity index (χ1n) is 8.94. The fraction of sp³-hybridized carbons (Fsp3) is 0.316. The summed E-state index contributed by atoms with van der Waals surface area (Å²) >= 11 is 0. The van der Waals surface area contributed by atoms with Gasteiger partial charge in [0, 0.05) is 24.8 Å². The molecule has 0 amide bonds. The highest BCUT2D eigenvalue weighted by molar-refractivity contribution is 7.88. The Labute approximate surface area is 165 Å². The third-order valence-corrected chi connectivity index (χ3v) is 5.74. The largest absolute Gasteiger partial charge is 0.369 e. The minimum Gasteiger partial charge on any atom is -0.369 e. The van der Waals surface area contributed by atoms with Crippen molar-refractivity contribution in [2.45, 2.75) is 26.5 Å². The van der Waals surface area contributed by atoms with Crippen molar-refractivity contribution < 1.29 is 8.42 Å². The first-order chi connectivity index (χ1) is 13.3. The summed E-state index contributed by atoms with van der Waals surface area (Å²) < 4.78 is 28.9. The number of aromatic nitrogens is 4. The van der Waals surface area contributed by atoms with Crippen LogP contribution in [0.1, 0.15) is 22.5 Å². The van der Waals surface area contributed by atoms with Crippen molar-refractivity contribution in [1.29, 1.82) is 0 Å². The van der Waals surface area contributed by atoms with E-state index in [1.165, 1.54) is 6.33 Å². The second-order valence-electron chi connectivity index (χ2n) is 6.61. The van der Waals surface area contributed by atoms with Crippen LogP contribution < -0.4 is 10.0 Å². The lowest BCUT2D eigenvalue weighted by Gasteiger charge is -2.10. The average Bonchev–Trinajstić information content (AvgIpc) is 3.00. The molecule has 0 fully saturated rings. The van der Waals surface area contributed by atoms with E-state index in [0.29, 0.717) is 18.2 Å². The molecule has 0 aliphatic heterocycles. The molecule has 0 bridgehead atoms. The Morgan fingerprint density at radius 1 is 1.00 bits per heavy atom. The van der Waals surface area contributed by atoms with Crippen molar-refractivity contribution in [3.8, 4) is 5.82 Å². The number of hydrogen-bond acceptors (Lipinski definition) is 6. The van der Waals surface area contributed by atoms with Crippen molar-refractivity contribution in [2.24, 2.45) is 0 Å². The minimum atomic E-state index is -3.39. The first kappa shape index (κ1) is 20.0. The molecule has 2 N–H and O–H groups in total. The number of benzene rings is 1. The lowest BCUT2D eigenvalue weighted by molar-refractivity contribution is 0.582. The van der Waals surface area contributed by atoms with Gasteiger partial charge in [0.1, 0.15) is 24.3 Å². The molecule has 3 aromatic rings. The molecule has 8 nitrogen and oxygen atoms in total. The van der Waals surface area contributed by atoms with Gasteiger partial charge in [0.2, 0.25) is 10.0 Å². The quantitative estimate of drug-likeness (QED) is 0.562. The van der Waals surface area contributed by atoms with Crippen LogP contribution in [-0.2, 0) is 15.8 Å². The van der Waals surface area contributed by atoms with Crippen LogP contribution in [0.2, 0.25) is 0 Å². The third-order valence-electron chi connectivity index (χ3n) is 4.38. The lowest BCUT2D eigenvalue weighted by Crippen LogP contribution is -2.30. The molecule has 0 unspecified atom stereocenters. The van der Waals surface area contributed by atoms with Crippen LogP contribution in [-0.4, -0.2) is 41.0 Å². The summed E-state index contributed by atoms with van der Waals surface area (Å²) in [6, 6.07) is 9.27. The lowest BCUT2D eigenvalue weighted by atomic mass is 10.2. The van der Waals surface area contributed by atoms with Crippen molar-refractivity contribution >= 4 is 15.8 Å². The molecule has 1 aromatic carbocycles. The van der Waals surface area contributed by atoms with Crippen LogP contribution >= 0.6 is 0 Å². The van der Waals surface area contributed by atoms with Crippen molar-refractivity contribution in [3.05, 3.63) is 65.5 Å². The van der Waals surface area contributed by atoms with Crippen molar-refractivity contribution in [1.82, 2.24) is 24.2 Å². The fourth-order valence-electron chi connectivity index (χ4n) is 2.66. The molecular weight excluding hydrogens is 376 g/mol. The van der Waals surface area contributed by atoms with Crippen LogP contribution in [0.25, 0.3) is 5.82 Å². The maximum atomic E-state index is 12.2. The van der Waals surface area contributed by atoms with Gasteiger partial charge in [-0.2, -0.15) is 0 Å². The molecule has 0 atom stereocenters. The number of nitrogens with one attached hydrogen (secondary N) is 2. The summed E-state index contributed by atoms with van der Waals surface area (Å²) in [5.41, 5.74) is 3.81. The molecule has 0 aliphatic carbocycles. The second-order valence-corrected chi connectivity index (χ2v) is 8.42. The Hall–Kier alpha value is -2.78. The number of nitrogens with zero attached hydrogens (tertiary/aromatic N) is 4. The van der Waals surface area contributed by atoms with E-state index in [1.807, 2.05) is 49.6 Å². The summed E-state index contributed by atoms with van der Waals surface area (Å²) in [7, 11) is -3.39. The number of rotatable bonds is 8. The van der Waals surface area contributed by atoms with Gasteiger partial charge in [-0.1, -0.05) is 29.8 Å². The molecule has 9 heteroatoms. The molecule has 3 rings (SSSR count). The van der Waals surface area contributed by atoms with Crippen LogP contribution in [0.15, 0.2) is 43.0 Å². The predicted molar refractivity (Wildman–Crippen MR) is 109 cm³/mol. The van der Waals surface area contributed by atoms with Crippen LogP contribution in [0.3, 0.4) is 0 Å². The van der Waals surface area contributed by atoms with Gasteiger partial charge in [0.25, 0.3) is 0 Å². The molecule has 2 heterocycles. The molecule has 0 radical (unpaired) electrons. The second kappa shape index (κ2) is 8.49. The fourth-order valence-corrected chi connectivity index (χ4v) is 3.80. The number of hydrogen-bond donors (Lipinski definition) is 2. The van der Waals surface area contributed by atoms with E-state index in [9.17, 15) is 8.42 Å². The zero-order valence-electron chi connectivity index (χ0n) is 16.2. The smallest absolute Gasteiger partial charge is 0.215 e. The van der Waals surface area contributed by atoms with E-state index >= 15 is 0 Å². The Morgan fingerprint density at radius 2 is 1.75 bits per heavy atom. The molecule has 0 spiro atoms. The SMILES string of the molecule is Cc1ccc(CS(=O)(=O)NCCNc2cc(-n3cnc(C)c3C)ncn2)cc1. The van der Waals surface area contributed by atoms with Gasteiger partial charge in [-0.3, -0.25) is 4.57 Å². The zero-order chi connectivity index (χ0) is 20.1. The summed E-state index contributed by atoms with van der Waals surface area (Å²) in [5.74, 6) is 1.29. The van der Waals surface area contributed by atoms with Gasteiger partial charge in [0.05, 0.1) is 11.4 Å². The Balaban J connectivity index is 1.53. The molecule has 0 saturated carbocycles. The van der Waals surface area contributed by atoms with Crippen LogP contribution in [0, 0.1) is 20.8 Å². The van der Waals surface area contributed by atoms with Crippen molar-refractivity contribution in [3.63, 3.8) is 0 Å². The van der Waals surface area contributed by atoms with Crippen molar-refractivity contribution in [2.75, 3.05) is 18.4 Å². The van der Waals surface area contributed by atoms with Gasteiger partial charge in [-0.25, -0.2) is 28.1 Å². The van der Waals surface area contributed by atoms with Crippen LogP contribution in [0.4, 0.5) is 5.82 Å². The summed E-state index contributed by atoms with van der Waals surface area (Å²) in [5, 5.41) is 3.11. The van der Waals surface area contributed by atoms with E-state index < -0.39 is 10.0 Å². The topological polar surface area (TPSA) is 102 Å². The summed E-state index contributed by atoms with van der Waals surface area (Å²) in [6.07, 6.45) is 3.18. The van der Waals surface area contributed by atoms with E-state index in [0.717, 1.165) is 22.5 Å². The van der Waals surface area contributed by atoms with E-state index in [4.69, 9.17) is 0 Å². The van der Waals surface area contributed by atoms with Gasteiger partial charge in [-0.15, -0.1) is 0 Å². The Kier molecular flexibility index (Phi) is 6.05. The summed E-state index contributed by atoms with van der Waals surface area (Å²) in [6.45, 7) is 6.55. The highest BCUT2D eigenvalue weighted by Crippen LogP contribution is 2.13. The number of imidazole rings is 1. The third kappa shape index (κ3) is 5.14. The van der Waals surface area contributed by atoms with E-state index in [2.05, 4.69) is 25.0 Å². The maximum absolute atomic E-state index is 12.2. The van der Waals surface area contributed by atoms with Gasteiger partial charge < -0.3 is 5.32 Å². The Morgan fingerprint density at radius 3 is 2.43 bits per heavy atom. The Bertz CT molecular complexity index is 1040. The molecular formula is C19H24N6O2S. The molecule has 0 saturated heterocycles. The minimum absolute atomic E-state index is 0.0375. The molecule has 28 heavy (non-hydrogen) atoms. The molecule has 148 valence electrons. The highest BCUT2D eigenvalue weighted by Gasteiger charge is 2.11. The highest BCUT2D eigenvalue weighted by atomic mass is 32.2. The first-order valence-corrected chi connectivity index (χ1v) is 10.6. The molecule has 0 aliphatic rings. The number of aryl methyl sites for hydroxylation is 2. The summed E-state index contributed by atoms with van der Waals surface area (Å²) in [4.78, 5) is 12.7. The van der Waals surface area contributed by atoms with E-state index in [-0.39, 0.29) is 12.3 Å². The number of sulfonamides is 1. The van der Waals surface area contributed by atoms with Gasteiger partial charge in [-0.05, 0) is 26.3 Å². The zero-order valence-corrected chi connectivity index (χ0v) is 17.0. The number of anilines is 1. The predicted octanol–water partition coefficient (Wildman–Crippen LogP) is 2.12. The normalized spacial score (nSPS) is 11.5. The average molecular weight is 401 g/mol. The monoisotopic (exact) mass is 400 g/mol.